The Kier molecular flexibility index (Phi) is 3.81. The van der Waals surface area contributed by atoms with Crippen molar-refractivity contribution < 1.29 is 19.8 Å². The van der Waals surface area contributed by atoms with Crippen LogP contribution in [-0.4, -0.2) is 27.0 Å². The summed E-state index contributed by atoms with van der Waals surface area (Å²) < 4.78 is 0. The second kappa shape index (κ2) is 4.12. The molecule has 0 aromatic heterocycles. The van der Waals surface area contributed by atoms with E-state index in [1.807, 2.05) is 0 Å². The smallest absolute Gasteiger partial charge is 0.319 e. The molecule has 0 spiro atoms. The molecule has 11 heavy (non-hydrogen) atoms. The lowest BCUT2D eigenvalue weighted by Crippen LogP contribution is -2.30. The molecular formula is C6H7BrO4. The van der Waals surface area contributed by atoms with E-state index in [9.17, 15) is 9.59 Å². The SMILES string of the molecule is C=CC(Br)C(C(=O)O)C(=O)O. The highest BCUT2D eigenvalue weighted by Crippen LogP contribution is 2.14. The molecule has 5 heteroatoms. The van der Waals surface area contributed by atoms with Crippen LogP contribution in [0.5, 0.6) is 0 Å². The minimum absolute atomic E-state index is 0.738. The van der Waals surface area contributed by atoms with E-state index in [2.05, 4.69) is 22.5 Å². The topological polar surface area (TPSA) is 74.6 Å². The van der Waals surface area contributed by atoms with Crippen molar-refractivity contribution in [2.45, 2.75) is 4.83 Å². The maximum Gasteiger partial charge on any atom is 0.319 e. The van der Waals surface area contributed by atoms with E-state index in [-0.39, 0.29) is 0 Å². The second-order valence-electron chi connectivity index (χ2n) is 1.83. The molecule has 0 aliphatic carbocycles. The molecule has 4 nitrogen and oxygen atoms in total. The number of hydrogen-bond donors (Lipinski definition) is 2. The van der Waals surface area contributed by atoms with Crippen molar-refractivity contribution in [3.05, 3.63) is 12.7 Å². The third-order valence-corrected chi connectivity index (χ3v) is 1.98. The standard InChI is InChI=1S/C6H7BrO4/c1-2-3(7)4(5(8)9)6(10)11/h2-4H,1H2,(H,8,9)(H,10,11). The van der Waals surface area contributed by atoms with Gasteiger partial charge in [-0.3, -0.25) is 9.59 Å². The lowest BCUT2D eigenvalue weighted by Gasteiger charge is -2.08. The molecule has 0 saturated heterocycles. The summed E-state index contributed by atoms with van der Waals surface area (Å²) in [6.45, 7) is 3.27. The number of rotatable bonds is 4. The van der Waals surface area contributed by atoms with Crippen molar-refractivity contribution in [2.75, 3.05) is 0 Å². The van der Waals surface area contributed by atoms with Gasteiger partial charge < -0.3 is 10.2 Å². The monoisotopic (exact) mass is 222 g/mol. The average Bonchev–Trinajstić information content (AvgIpc) is 1.85. The minimum atomic E-state index is -1.47. The number of aliphatic carboxylic acids is 2. The molecule has 0 amide bonds. The molecule has 2 N–H and O–H groups in total. The quantitative estimate of drug-likeness (QED) is 0.418. The van der Waals surface area contributed by atoms with Crippen molar-refractivity contribution in [2.24, 2.45) is 5.92 Å². The van der Waals surface area contributed by atoms with Crippen molar-refractivity contribution in [1.82, 2.24) is 0 Å². The highest BCUT2D eigenvalue weighted by atomic mass is 79.9. The van der Waals surface area contributed by atoms with Crippen LogP contribution in [0.2, 0.25) is 0 Å². The minimum Gasteiger partial charge on any atom is -0.481 e. The Morgan fingerprint density at radius 1 is 1.36 bits per heavy atom. The molecule has 1 unspecified atom stereocenters. The molecule has 0 aliphatic rings. The summed E-state index contributed by atoms with van der Waals surface area (Å²) in [6.07, 6.45) is 1.23. The van der Waals surface area contributed by atoms with Gasteiger partial charge in [0.05, 0.1) is 4.83 Å². The number of hydrogen-bond acceptors (Lipinski definition) is 2. The van der Waals surface area contributed by atoms with Crippen LogP contribution in [-0.2, 0) is 9.59 Å². The van der Waals surface area contributed by atoms with Crippen LogP contribution < -0.4 is 0 Å². The van der Waals surface area contributed by atoms with Crippen LogP contribution in [0, 0.1) is 5.92 Å². The van der Waals surface area contributed by atoms with Gasteiger partial charge in [-0.1, -0.05) is 22.0 Å². The van der Waals surface area contributed by atoms with Crippen LogP contribution >= 0.6 is 15.9 Å². The summed E-state index contributed by atoms with van der Waals surface area (Å²) in [5.41, 5.74) is 0. The van der Waals surface area contributed by atoms with Gasteiger partial charge in [-0.25, -0.2) is 0 Å². The van der Waals surface area contributed by atoms with E-state index in [0.29, 0.717) is 0 Å². The summed E-state index contributed by atoms with van der Waals surface area (Å²) in [4.78, 5) is 19.8. The Labute approximate surface area is 71.7 Å². The summed E-state index contributed by atoms with van der Waals surface area (Å²) in [5.74, 6) is -4.22. The van der Waals surface area contributed by atoms with Crippen molar-refractivity contribution in [3.63, 3.8) is 0 Å². The van der Waals surface area contributed by atoms with E-state index in [1.165, 1.54) is 6.08 Å². The summed E-state index contributed by atoms with van der Waals surface area (Å²) in [6, 6.07) is 0. The molecule has 0 heterocycles. The van der Waals surface area contributed by atoms with Crippen molar-refractivity contribution >= 4 is 27.9 Å². The van der Waals surface area contributed by atoms with E-state index in [0.717, 1.165) is 0 Å². The Bertz CT molecular complexity index is 175. The molecule has 0 rings (SSSR count). The molecule has 1 atom stereocenters. The van der Waals surface area contributed by atoms with Crippen molar-refractivity contribution in [1.29, 1.82) is 0 Å². The maximum atomic E-state index is 10.3. The lowest BCUT2D eigenvalue weighted by atomic mass is 10.1. The van der Waals surface area contributed by atoms with Crippen LogP contribution in [0.3, 0.4) is 0 Å². The van der Waals surface area contributed by atoms with Gasteiger partial charge in [0.1, 0.15) is 0 Å². The zero-order valence-electron chi connectivity index (χ0n) is 5.53. The molecule has 0 saturated carbocycles. The Hall–Kier alpha value is -0.840. The van der Waals surface area contributed by atoms with Crippen LogP contribution in [0.15, 0.2) is 12.7 Å². The molecule has 0 fully saturated rings. The van der Waals surface area contributed by atoms with Crippen LogP contribution in [0.25, 0.3) is 0 Å². The van der Waals surface area contributed by atoms with Gasteiger partial charge in [0.15, 0.2) is 5.92 Å². The number of carbonyl (C=O) groups is 2. The largest absolute Gasteiger partial charge is 0.481 e. The number of allylic oxidation sites excluding steroid dienone is 1. The van der Waals surface area contributed by atoms with Crippen LogP contribution in [0.1, 0.15) is 0 Å². The highest BCUT2D eigenvalue weighted by molar-refractivity contribution is 9.09. The Morgan fingerprint density at radius 2 is 1.73 bits per heavy atom. The summed E-state index contributed by atoms with van der Waals surface area (Å²) in [7, 11) is 0. The predicted molar refractivity (Wildman–Crippen MR) is 41.7 cm³/mol. The molecule has 0 bridgehead atoms. The molecule has 0 aromatic rings. The highest BCUT2D eigenvalue weighted by Gasteiger charge is 2.31. The molecule has 62 valence electrons. The van der Waals surface area contributed by atoms with Gasteiger partial charge in [0, 0.05) is 0 Å². The molecular weight excluding hydrogens is 216 g/mol. The summed E-state index contributed by atoms with van der Waals surface area (Å²) >= 11 is 2.86. The molecule has 0 aromatic carbocycles. The number of alkyl halides is 1. The van der Waals surface area contributed by atoms with Crippen molar-refractivity contribution in [3.8, 4) is 0 Å². The third-order valence-electron chi connectivity index (χ3n) is 1.08. The van der Waals surface area contributed by atoms with E-state index < -0.39 is 22.7 Å². The Morgan fingerprint density at radius 3 is 1.82 bits per heavy atom. The van der Waals surface area contributed by atoms with Gasteiger partial charge >= 0.3 is 11.9 Å². The number of halogens is 1. The second-order valence-corrected chi connectivity index (χ2v) is 2.89. The van der Waals surface area contributed by atoms with Gasteiger partial charge in [-0.05, 0) is 0 Å². The van der Waals surface area contributed by atoms with Gasteiger partial charge in [-0.15, -0.1) is 6.58 Å². The fourth-order valence-electron chi connectivity index (χ4n) is 0.514. The fraction of sp³-hybridized carbons (Fsp3) is 0.333. The molecule has 0 radical (unpaired) electrons. The van der Waals surface area contributed by atoms with E-state index in [4.69, 9.17) is 10.2 Å². The number of carboxylic acid groups (broad SMARTS) is 2. The van der Waals surface area contributed by atoms with Gasteiger partial charge in [0.25, 0.3) is 0 Å². The first-order valence-corrected chi connectivity index (χ1v) is 3.64. The Balaban J connectivity index is 4.46. The first kappa shape index (κ1) is 10.2. The number of carboxylic acids is 2. The van der Waals surface area contributed by atoms with Crippen LogP contribution in [0.4, 0.5) is 0 Å². The average molecular weight is 223 g/mol. The lowest BCUT2D eigenvalue weighted by molar-refractivity contribution is -0.153. The third kappa shape index (κ3) is 2.71. The van der Waals surface area contributed by atoms with E-state index in [1.54, 1.807) is 0 Å². The predicted octanol–water partition coefficient (Wildman–Crippen LogP) is 0.721. The zero-order chi connectivity index (χ0) is 9.02. The maximum absolute atomic E-state index is 10.3. The zero-order valence-corrected chi connectivity index (χ0v) is 7.11. The molecule has 0 aliphatic heterocycles. The first-order chi connectivity index (χ1) is 5.00. The summed E-state index contributed by atoms with van der Waals surface area (Å²) in [5, 5.41) is 16.8. The first-order valence-electron chi connectivity index (χ1n) is 2.73. The fourth-order valence-corrected chi connectivity index (χ4v) is 0.966. The van der Waals surface area contributed by atoms with E-state index >= 15 is 0 Å². The normalized spacial score (nSPS) is 12.5. The van der Waals surface area contributed by atoms with Gasteiger partial charge in [0.2, 0.25) is 0 Å². The van der Waals surface area contributed by atoms with Gasteiger partial charge in [-0.2, -0.15) is 0 Å².